The van der Waals surface area contributed by atoms with Crippen molar-refractivity contribution in [1.29, 1.82) is 0 Å². The van der Waals surface area contributed by atoms with Gasteiger partial charge >= 0.3 is 0 Å². The molecule has 5 heteroatoms. The first-order valence-corrected chi connectivity index (χ1v) is 8.67. The molecule has 1 N–H and O–H groups in total. The monoisotopic (exact) mass is 328 g/mol. The molecule has 1 aromatic heterocycles. The molecule has 2 aromatic rings. The van der Waals surface area contributed by atoms with Crippen molar-refractivity contribution in [3.63, 3.8) is 0 Å². The van der Waals surface area contributed by atoms with E-state index in [1.807, 2.05) is 36.7 Å². The zero-order valence-corrected chi connectivity index (χ0v) is 14.0. The number of halogens is 1. The van der Waals surface area contributed by atoms with E-state index < -0.39 is 0 Å². The van der Waals surface area contributed by atoms with Crippen LogP contribution in [0.4, 0.5) is 5.95 Å². The van der Waals surface area contributed by atoms with Crippen molar-refractivity contribution < 1.29 is 0 Å². The minimum absolute atomic E-state index is 0.453. The highest BCUT2D eigenvalue weighted by Gasteiger charge is 2.39. The Kier molecular flexibility index (Phi) is 3.95. The number of anilines is 1. The number of aromatic nitrogens is 2. The van der Waals surface area contributed by atoms with E-state index >= 15 is 0 Å². The van der Waals surface area contributed by atoms with Gasteiger partial charge in [0.1, 0.15) is 0 Å². The molecule has 3 saturated heterocycles. The van der Waals surface area contributed by atoms with Crippen molar-refractivity contribution in [2.75, 3.05) is 18.4 Å². The lowest BCUT2D eigenvalue weighted by Gasteiger charge is -2.49. The van der Waals surface area contributed by atoms with Gasteiger partial charge in [0.25, 0.3) is 0 Å². The third kappa shape index (κ3) is 2.93. The van der Waals surface area contributed by atoms with Crippen LogP contribution in [0.15, 0.2) is 36.7 Å². The minimum Gasteiger partial charge on any atom is -0.350 e. The van der Waals surface area contributed by atoms with Crippen LogP contribution in [0.25, 0.3) is 11.1 Å². The van der Waals surface area contributed by atoms with Gasteiger partial charge in [-0.25, -0.2) is 9.97 Å². The zero-order valence-electron chi connectivity index (χ0n) is 13.2. The summed E-state index contributed by atoms with van der Waals surface area (Å²) >= 11 is 6.05. The molecule has 120 valence electrons. The summed E-state index contributed by atoms with van der Waals surface area (Å²) in [7, 11) is 0. The van der Waals surface area contributed by atoms with Crippen LogP contribution >= 0.6 is 11.6 Å². The van der Waals surface area contributed by atoms with Gasteiger partial charge in [0.05, 0.1) is 0 Å². The molecule has 0 saturated carbocycles. The number of rotatable bonds is 3. The van der Waals surface area contributed by atoms with Gasteiger partial charge in [0, 0.05) is 35.1 Å². The number of nitrogens with one attached hydrogen (secondary N) is 1. The van der Waals surface area contributed by atoms with Crippen LogP contribution < -0.4 is 5.32 Å². The maximum absolute atomic E-state index is 6.05. The molecule has 3 aliphatic rings. The summed E-state index contributed by atoms with van der Waals surface area (Å²) in [5.41, 5.74) is 2.03. The summed E-state index contributed by atoms with van der Waals surface area (Å²) in [5.74, 6) is 1.47. The van der Waals surface area contributed by atoms with Crippen molar-refractivity contribution in [3.8, 4) is 11.1 Å². The van der Waals surface area contributed by atoms with Crippen molar-refractivity contribution in [2.24, 2.45) is 5.92 Å². The zero-order chi connectivity index (χ0) is 15.8. The number of hydrogen-bond acceptors (Lipinski definition) is 4. The average Bonchev–Trinajstić information content (AvgIpc) is 2.59. The summed E-state index contributed by atoms with van der Waals surface area (Å²) in [5, 5.41) is 4.29. The molecule has 3 fully saturated rings. The van der Waals surface area contributed by atoms with Gasteiger partial charge < -0.3 is 5.32 Å². The Morgan fingerprint density at radius 1 is 1.13 bits per heavy atom. The molecule has 4 nitrogen and oxygen atoms in total. The maximum atomic E-state index is 6.05. The van der Waals surface area contributed by atoms with Crippen molar-refractivity contribution in [1.82, 2.24) is 14.9 Å². The molecule has 0 spiro atoms. The van der Waals surface area contributed by atoms with Crippen LogP contribution in [0.2, 0.25) is 5.02 Å². The van der Waals surface area contributed by atoms with Gasteiger partial charge in [-0.15, -0.1) is 0 Å². The second kappa shape index (κ2) is 6.10. The van der Waals surface area contributed by atoms with Crippen LogP contribution in [0.1, 0.15) is 19.8 Å². The lowest BCUT2D eigenvalue weighted by atomic mass is 9.79. The first kappa shape index (κ1) is 14.9. The summed E-state index contributed by atoms with van der Waals surface area (Å²) < 4.78 is 0. The van der Waals surface area contributed by atoms with Crippen molar-refractivity contribution in [2.45, 2.75) is 31.8 Å². The molecule has 1 aromatic carbocycles. The Morgan fingerprint density at radius 2 is 1.87 bits per heavy atom. The van der Waals surface area contributed by atoms with Crippen LogP contribution in [0, 0.1) is 5.92 Å². The molecule has 0 amide bonds. The van der Waals surface area contributed by atoms with Crippen molar-refractivity contribution >= 4 is 17.5 Å². The largest absolute Gasteiger partial charge is 0.350 e. The molecule has 2 unspecified atom stereocenters. The molecule has 0 radical (unpaired) electrons. The van der Waals surface area contributed by atoms with E-state index in [2.05, 4.69) is 27.1 Å². The van der Waals surface area contributed by atoms with E-state index in [4.69, 9.17) is 11.6 Å². The first-order valence-electron chi connectivity index (χ1n) is 8.29. The Labute approximate surface area is 141 Å². The Hall–Kier alpha value is -1.65. The third-order valence-electron chi connectivity index (χ3n) is 5.28. The third-order valence-corrected chi connectivity index (χ3v) is 5.52. The summed E-state index contributed by atoms with van der Waals surface area (Å²) in [4.78, 5) is 11.6. The topological polar surface area (TPSA) is 41.1 Å². The van der Waals surface area contributed by atoms with E-state index in [9.17, 15) is 0 Å². The summed E-state index contributed by atoms with van der Waals surface area (Å²) in [6.45, 7) is 4.78. The lowest BCUT2D eigenvalue weighted by molar-refractivity contribution is 0.0455. The van der Waals surface area contributed by atoms with Gasteiger partial charge in [0.15, 0.2) is 0 Å². The molecule has 23 heavy (non-hydrogen) atoms. The number of benzene rings is 1. The molecule has 3 aliphatic heterocycles. The smallest absolute Gasteiger partial charge is 0.222 e. The van der Waals surface area contributed by atoms with E-state index in [-0.39, 0.29) is 0 Å². The number of fused-ring (bicyclic) bond motifs is 3. The maximum Gasteiger partial charge on any atom is 0.222 e. The van der Waals surface area contributed by atoms with E-state index in [0.29, 0.717) is 12.1 Å². The van der Waals surface area contributed by atoms with Gasteiger partial charge in [-0.1, -0.05) is 23.7 Å². The molecule has 2 bridgehead atoms. The second-order valence-electron chi connectivity index (χ2n) is 6.59. The van der Waals surface area contributed by atoms with Gasteiger partial charge in [-0.3, -0.25) is 4.90 Å². The predicted octanol–water partition coefficient (Wildman–Crippen LogP) is 3.69. The lowest BCUT2D eigenvalue weighted by Crippen LogP contribution is -2.59. The highest BCUT2D eigenvalue weighted by molar-refractivity contribution is 6.30. The van der Waals surface area contributed by atoms with Crippen LogP contribution in [0.5, 0.6) is 0 Å². The fourth-order valence-corrected chi connectivity index (χ4v) is 4.10. The predicted molar refractivity (Wildman–Crippen MR) is 93.6 cm³/mol. The van der Waals surface area contributed by atoms with Gasteiger partial charge in [-0.05, 0) is 56.5 Å². The normalized spacial score (nSPS) is 29.5. The number of nitrogens with zero attached hydrogens (tertiary/aromatic N) is 3. The van der Waals surface area contributed by atoms with Gasteiger partial charge in [0.2, 0.25) is 5.95 Å². The summed E-state index contributed by atoms with van der Waals surface area (Å²) in [6, 6.07) is 8.78. The highest BCUT2D eigenvalue weighted by Crippen LogP contribution is 2.33. The van der Waals surface area contributed by atoms with E-state index in [0.717, 1.165) is 28.0 Å². The molecule has 2 atom stereocenters. The SMILES string of the molecule is CC1C(Nc2ncc(-c3cccc(Cl)c3)cn2)C2CCN1CC2. The molecule has 4 heterocycles. The van der Waals surface area contributed by atoms with Gasteiger partial charge in [-0.2, -0.15) is 0 Å². The van der Waals surface area contributed by atoms with Crippen molar-refractivity contribution in [3.05, 3.63) is 41.7 Å². The fraction of sp³-hybridized carbons (Fsp3) is 0.444. The van der Waals surface area contributed by atoms with E-state index in [1.165, 1.54) is 25.9 Å². The fourth-order valence-electron chi connectivity index (χ4n) is 3.91. The Balaban J connectivity index is 1.50. The molecule has 5 rings (SSSR count). The standard InChI is InChI=1S/C18H21ClN4/c1-12-17(13-5-7-23(12)8-6-13)22-18-20-10-15(11-21-18)14-3-2-4-16(19)9-14/h2-4,9-13,17H,5-8H2,1H3,(H,20,21,22). The van der Waals surface area contributed by atoms with E-state index in [1.54, 1.807) is 0 Å². The number of piperidine rings is 3. The quantitative estimate of drug-likeness (QED) is 0.933. The van der Waals surface area contributed by atoms with Crippen LogP contribution in [-0.2, 0) is 0 Å². The molecular weight excluding hydrogens is 308 g/mol. The molecular formula is C18H21ClN4. The minimum atomic E-state index is 0.453. The summed E-state index contributed by atoms with van der Waals surface area (Å²) in [6.07, 6.45) is 6.30. The van der Waals surface area contributed by atoms with Crippen LogP contribution in [-0.4, -0.2) is 40.0 Å². The average molecular weight is 329 g/mol. The number of hydrogen-bond donors (Lipinski definition) is 1. The Bertz CT molecular complexity index is 678. The highest BCUT2D eigenvalue weighted by atomic mass is 35.5. The first-order chi connectivity index (χ1) is 11.2. The Morgan fingerprint density at radius 3 is 2.52 bits per heavy atom. The molecule has 0 aliphatic carbocycles. The van der Waals surface area contributed by atoms with Crippen LogP contribution in [0.3, 0.4) is 0 Å². The second-order valence-corrected chi connectivity index (χ2v) is 7.03.